The summed E-state index contributed by atoms with van der Waals surface area (Å²) >= 11 is 0. The summed E-state index contributed by atoms with van der Waals surface area (Å²) in [6.45, 7) is 11.3. The molecule has 1 aromatic carbocycles. The average molecular weight is 436 g/mol. The quantitative estimate of drug-likeness (QED) is 0.597. The zero-order valence-corrected chi connectivity index (χ0v) is 19.2. The number of hydrogen-bond donors (Lipinski definition) is 2. The number of fused-ring (bicyclic) bond motifs is 1. The highest BCUT2D eigenvalue weighted by Gasteiger charge is 2.19. The topological polar surface area (TPSA) is 77.8 Å². The summed E-state index contributed by atoms with van der Waals surface area (Å²) in [6.07, 6.45) is 2.82. The number of anilines is 1. The van der Waals surface area contributed by atoms with E-state index < -0.39 is 0 Å². The van der Waals surface area contributed by atoms with E-state index in [1.807, 2.05) is 35.7 Å². The fourth-order valence-electron chi connectivity index (χ4n) is 4.18. The van der Waals surface area contributed by atoms with Gasteiger partial charge in [0.25, 0.3) is 0 Å². The van der Waals surface area contributed by atoms with E-state index in [0.717, 1.165) is 50.6 Å². The van der Waals surface area contributed by atoms with Gasteiger partial charge in [0.2, 0.25) is 0 Å². The van der Waals surface area contributed by atoms with Gasteiger partial charge in [-0.25, -0.2) is 4.79 Å². The van der Waals surface area contributed by atoms with Crippen LogP contribution in [-0.2, 0) is 0 Å². The maximum Gasteiger partial charge on any atom is 0.315 e. The van der Waals surface area contributed by atoms with Gasteiger partial charge in [0.15, 0.2) is 11.5 Å². The number of pyridine rings is 1. The number of rotatable bonds is 7. The van der Waals surface area contributed by atoms with Gasteiger partial charge in [0.1, 0.15) is 0 Å². The van der Waals surface area contributed by atoms with Crippen LogP contribution in [-0.4, -0.2) is 64.3 Å². The summed E-state index contributed by atoms with van der Waals surface area (Å²) < 4.78 is 1.89. The van der Waals surface area contributed by atoms with E-state index >= 15 is 0 Å². The molecule has 1 aliphatic heterocycles. The van der Waals surface area contributed by atoms with E-state index in [4.69, 9.17) is 0 Å². The predicted molar refractivity (Wildman–Crippen MR) is 127 cm³/mol. The highest BCUT2D eigenvalue weighted by atomic mass is 16.2. The van der Waals surface area contributed by atoms with Crippen LogP contribution >= 0.6 is 0 Å². The van der Waals surface area contributed by atoms with E-state index in [9.17, 15) is 4.79 Å². The second kappa shape index (κ2) is 9.99. The van der Waals surface area contributed by atoms with Crippen molar-refractivity contribution in [2.75, 3.05) is 37.6 Å². The Labute approximate surface area is 189 Å². The van der Waals surface area contributed by atoms with Crippen molar-refractivity contribution in [2.45, 2.75) is 39.3 Å². The van der Waals surface area contributed by atoms with Crippen molar-refractivity contribution in [3.63, 3.8) is 0 Å². The summed E-state index contributed by atoms with van der Waals surface area (Å²) in [7, 11) is 0. The van der Waals surface area contributed by atoms with Gasteiger partial charge in [-0.15, -0.1) is 10.2 Å². The minimum atomic E-state index is -0.241. The number of piperazine rings is 1. The van der Waals surface area contributed by atoms with Crippen LogP contribution in [0.25, 0.3) is 5.65 Å². The molecule has 2 unspecified atom stereocenters. The van der Waals surface area contributed by atoms with Gasteiger partial charge in [-0.2, -0.15) is 0 Å². The Balaban J connectivity index is 1.19. The number of carbonyl (C=O) groups excluding carboxylic acids is 1. The van der Waals surface area contributed by atoms with E-state index in [1.54, 1.807) is 0 Å². The zero-order valence-electron chi connectivity index (χ0n) is 19.2. The van der Waals surface area contributed by atoms with Crippen molar-refractivity contribution in [1.82, 2.24) is 30.1 Å². The van der Waals surface area contributed by atoms with Crippen LogP contribution in [0.3, 0.4) is 0 Å². The first-order valence-corrected chi connectivity index (χ1v) is 11.4. The zero-order chi connectivity index (χ0) is 22.5. The van der Waals surface area contributed by atoms with Crippen LogP contribution in [0.5, 0.6) is 0 Å². The molecule has 3 aromatic rings. The second-order valence-electron chi connectivity index (χ2n) is 8.68. The molecular formula is C24H33N7O. The molecule has 0 spiro atoms. The smallest absolute Gasteiger partial charge is 0.315 e. The Bertz CT molecular complexity index is 1040. The lowest BCUT2D eigenvalue weighted by Gasteiger charge is -2.36. The van der Waals surface area contributed by atoms with Gasteiger partial charge < -0.3 is 15.5 Å². The molecule has 2 amide bonds. The summed E-state index contributed by atoms with van der Waals surface area (Å²) in [5.74, 6) is 0.717. The molecule has 1 saturated heterocycles. The lowest BCUT2D eigenvalue weighted by molar-refractivity contribution is 0.225. The monoisotopic (exact) mass is 435 g/mol. The minimum absolute atomic E-state index is 0.0900. The molecule has 1 aliphatic rings. The summed E-state index contributed by atoms with van der Waals surface area (Å²) in [6, 6.07) is 14.1. The maximum atomic E-state index is 12.5. The summed E-state index contributed by atoms with van der Waals surface area (Å²) in [5, 5.41) is 14.4. The number of hydrogen-bond acceptors (Lipinski definition) is 5. The van der Waals surface area contributed by atoms with Gasteiger partial charge in [-0.05, 0) is 57.0 Å². The van der Waals surface area contributed by atoms with Gasteiger partial charge in [0.05, 0.1) is 6.04 Å². The number of aromatic nitrogens is 3. The number of nitrogens with one attached hydrogen (secondary N) is 2. The molecule has 2 N–H and O–H groups in total. The average Bonchev–Trinajstić information content (AvgIpc) is 3.22. The number of nitrogens with zero attached hydrogens (tertiary/aromatic N) is 5. The molecular weight excluding hydrogens is 402 g/mol. The van der Waals surface area contributed by atoms with Crippen molar-refractivity contribution in [1.29, 1.82) is 0 Å². The Morgan fingerprint density at radius 3 is 2.62 bits per heavy atom. The molecule has 3 heterocycles. The summed E-state index contributed by atoms with van der Waals surface area (Å²) in [4.78, 5) is 17.4. The fourth-order valence-corrected chi connectivity index (χ4v) is 4.18. The lowest BCUT2D eigenvalue weighted by atomic mass is 10.1. The number of carbonyl (C=O) groups is 1. The first kappa shape index (κ1) is 22.1. The first-order valence-electron chi connectivity index (χ1n) is 11.4. The molecule has 2 aromatic heterocycles. The predicted octanol–water partition coefficient (Wildman–Crippen LogP) is 3.00. The lowest BCUT2D eigenvalue weighted by Crippen LogP contribution is -2.48. The van der Waals surface area contributed by atoms with Crippen molar-refractivity contribution >= 4 is 17.4 Å². The highest BCUT2D eigenvalue weighted by Crippen LogP contribution is 2.18. The fraction of sp³-hybridized carbons (Fsp3) is 0.458. The molecule has 4 rings (SSSR count). The SMILES string of the molecule is Cc1cccc(N2CCN(CCC(C)NC(=O)NC(C)c3nnc4ccccn34)CC2)c1. The number of urea groups is 1. The van der Waals surface area contributed by atoms with Gasteiger partial charge in [-0.1, -0.05) is 18.2 Å². The van der Waals surface area contributed by atoms with Crippen molar-refractivity contribution in [3.8, 4) is 0 Å². The number of benzene rings is 1. The molecule has 0 aliphatic carbocycles. The van der Waals surface area contributed by atoms with Crippen molar-refractivity contribution < 1.29 is 4.79 Å². The number of amides is 2. The van der Waals surface area contributed by atoms with Crippen molar-refractivity contribution in [3.05, 3.63) is 60.0 Å². The normalized spacial score (nSPS) is 16.7. The summed E-state index contributed by atoms with van der Waals surface area (Å²) in [5.41, 5.74) is 3.38. The standard InChI is InChI=1S/C24H33N7O/c1-18-7-6-8-21(17-18)30-15-13-29(14-16-30)12-10-19(2)25-24(32)26-20(3)23-28-27-22-9-4-5-11-31(22)23/h4-9,11,17,19-20H,10,12-16H2,1-3H3,(H2,25,26,32). The van der Waals surface area contributed by atoms with Crippen LogP contribution in [0, 0.1) is 6.92 Å². The Hall–Kier alpha value is -3.13. The molecule has 1 fully saturated rings. The Kier molecular flexibility index (Phi) is 6.90. The van der Waals surface area contributed by atoms with Gasteiger partial charge >= 0.3 is 6.03 Å². The molecule has 0 bridgehead atoms. The van der Waals surface area contributed by atoms with E-state index in [2.05, 4.69) is 68.7 Å². The van der Waals surface area contributed by atoms with E-state index in [1.165, 1.54) is 11.3 Å². The minimum Gasteiger partial charge on any atom is -0.369 e. The van der Waals surface area contributed by atoms with E-state index in [0.29, 0.717) is 0 Å². The molecule has 32 heavy (non-hydrogen) atoms. The van der Waals surface area contributed by atoms with Gasteiger partial charge in [0, 0.05) is 50.6 Å². The highest BCUT2D eigenvalue weighted by molar-refractivity contribution is 5.74. The molecule has 8 heteroatoms. The second-order valence-corrected chi connectivity index (χ2v) is 8.68. The number of aryl methyl sites for hydroxylation is 1. The molecule has 170 valence electrons. The molecule has 8 nitrogen and oxygen atoms in total. The van der Waals surface area contributed by atoms with Crippen molar-refractivity contribution in [2.24, 2.45) is 0 Å². The Morgan fingerprint density at radius 1 is 1.03 bits per heavy atom. The van der Waals surface area contributed by atoms with Crippen LogP contribution in [0.1, 0.15) is 37.7 Å². The van der Waals surface area contributed by atoms with Crippen LogP contribution in [0.15, 0.2) is 48.7 Å². The van der Waals surface area contributed by atoms with Gasteiger partial charge in [-0.3, -0.25) is 9.30 Å². The molecule has 0 radical (unpaired) electrons. The first-order chi connectivity index (χ1) is 15.5. The third-order valence-electron chi connectivity index (χ3n) is 6.07. The third kappa shape index (κ3) is 5.37. The Morgan fingerprint density at radius 2 is 1.84 bits per heavy atom. The molecule has 2 atom stereocenters. The maximum absolute atomic E-state index is 12.5. The van der Waals surface area contributed by atoms with E-state index in [-0.39, 0.29) is 18.1 Å². The third-order valence-corrected chi connectivity index (χ3v) is 6.07. The van der Waals surface area contributed by atoms with Crippen LogP contribution in [0.4, 0.5) is 10.5 Å². The van der Waals surface area contributed by atoms with Crippen LogP contribution in [0.2, 0.25) is 0 Å². The largest absolute Gasteiger partial charge is 0.369 e. The molecule has 0 saturated carbocycles. The van der Waals surface area contributed by atoms with Crippen LogP contribution < -0.4 is 15.5 Å².